The monoisotopic (exact) mass is 426 g/mol. The predicted octanol–water partition coefficient (Wildman–Crippen LogP) is 2.85. The molecule has 2 rings (SSSR count). The third kappa shape index (κ3) is 5.94. The van der Waals surface area contributed by atoms with Crippen molar-refractivity contribution >= 4 is 24.2 Å². The molecule has 29 heavy (non-hydrogen) atoms. The fraction of sp³-hybridized carbons (Fsp3) is 0.316. The maximum absolute atomic E-state index is 12.9. The summed E-state index contributed by atoms with van der Waals surface area (Å²) in [6.07, 6.45) is -0.261. The van der Waals surface area contributed by atoms with E-state index >= 15 is 0 Å². The van der Waals surface area contributed by atoms with Crippen molar-refractivity contribution in [3.63, 3.8) is 0 Å². The normalized spacial score (nSPS) is 16.4. The lowest BCUT2D eigenvalue weighted by Crippen LogP contribution is -2.35. The number of halogens is 3. The molecule has 0 aromatic carbocycles. The van der Waals surface area contributed by atoms with E-state index in [2.05, 4.69) is 28.2 Å². The summed E-state index contributed by atoms with van der Waals surface area (Å²) in [6.45, 7) is 3.50. The third-order valence-electron chi connectivity index (χ3n) is 3.88. The molecule has 0 spiro atoms. The van der Waals surface area contributed by atoms with Crippen LogP contribution in [-0.2, 0) is 6.18 Å². The van der Waals surface area contributed by atoms with Gasteiger partial charge in [-0.1, -0.05) is 6.07 Å². The van der Waals surface area contributed by atoms with Gasteiger partial charge in [-0.15, -0.1) is 0 Å². The van der Waals surface area contributed by atoms with E-state index in [1.165, 1.54) is 26.0 Å². The molecule has 0 radical (unpaired) electrons. The lowest BCUT2D eigenvalue weighted by Gasteiger charge is -2.28. The van der Waals surface area contributed by atoms with E-state index in [1.54, 1.807) is 6.20 Å². The zero-order valence-electron chi connectivity index (χ0n) is 15.8. The summed E-state index contributed by atoms with van der Waals surface area (Å²) in [5, 5.41) is 24.0. The van der Waals surface area contributed by atoms with Crippen molar-refractivity contribution in [1.82, 2.24) is 15.6 Å². The molecular formula is C19H21F3N4O2S. The van der Waals surface area contributed by atoms with Gasteiger partial charge >= 0.3 is 6.18 Å². The number of allylic oxidation sites excluding steroid dienone is 3. The molecule has 10 heteroatoms. The van der Waals surface area contributed by atoms with E-state index in [0.29, 0.717) is 17.9 Å². The van der Waals surface area contributed by atoms with Crippen LogP contribution in [0.2, 0.25) is 0 Å². The minimum absolute atomic E-state index is 0.101. The first-order chi connectivity index (χ1) is 13.4. The van der Waals surface area contributed by atoms with Crippen LogP contribution >= 0.6 is 12.6 Å². The van der Waals surface area contributed by atoms with Crippen molar-refractivity contribution in [3.8, 4) is 0 Å². The molecule has 0 saturated carbocycles. The van der Waals surface area contributed by atoms with Crippen molar-refractivity contribution in [1.29, 1.82) is 5.41 Å². The highest BCUT2D eigenvalue weighted by atomic mass is 32.1. The Morgan fingerprint density at radius 2 is 2.00 bits per heavy atom. The summed E-state index contributed by atoms with van der Waals surface area (Å²) in [4.78, 5) is 15.9. The van der Waals surface area contributed by atoms with Gasteiger partial charge in [-0.2, -0.15) is 25.8 Å². The van der Waals surface area contributed by atoms with Crippen molar-refractivity contribution < 1.29 is 23.1 Å². The van der Waals surface area contributed by atoms with Gasteiger partial charge in [0.1, 0.15) is 11.4 Å². The van der Waals surface area contributed by atoms with Crippen molar-refractivity contribution in [3.05, 3.63) is 64.8 Å². The van der Waals surface area contributed by atoms with Gasteiger partial charge in [0.05, 0.1) is 11.3 Å². The minimum atomic E-state index is -4.68. The van der Waals surface area contributed by atoms with Crippen LogP contribution in [0.25, 0.3) is 0 Å². The number of nitrogens with one attached hydrogen (secondary N) is 3. The second-order valence-electron chi connectivity index (χ2n) is 6.73. The second kappa shape index (κ2) is 8.83. The van der Waals surface area contributed by atoms with Gasteiger partial charge in [0.2, 0.25) is 0 Å². The number of pyridine rings is 1. The van der Waals surface area contributed by atoms with Crippen molar-refractivity contribution in [2.75, 3.05) is 12.3 Å². The zero-order chi connectivity index (χ0) is 21.8. The molecule has 1 heterocycles. The Hall–Kier alpha value is -2.59. The van der Waals surface area contributed by atoms with Gasteiger partial charge in [-0.3, -0.25) is 4.79 Å². The lowest BCUT2D eigenvalue weighted by atomic mass is 9.87. The number of aliphatic hydroxyl groups is 1. The highest BCUT2D eigenvalue weighted by Crippen LogP contribution is 2.29. The van der Waals surface area contributed by atoms with E-state index in [0.717, 1.165) is 18.2 Å². The number of aromatic nitrogens is 1. The summed E-state index contributed by atoms with van der Waals surface area (Å²) in [5.74, 6) is -0.301. The maximum Gasteiger partial charge on any atom is 0.433 e. The minimum Gasteiger partial charge on any atom is -0.390 e. The number of carbonyl (C=O) groups excluding carboxylic acids is 1. The standard InChI is InChI=1S/C19H21F3N4O2S/c1-18(2,28)12-9-13(23)11(10-24-6-7-29)8-15(12)26-17(27)14-4-3-5-16(25-14)19(20,21)22/h3-5,8-10,23-24,28-29H,6-7H2,1-2H3,(H,26,27)/b11-10-,23-13?. The van der Waals surface area contributed by atoms with Crippen LogP contribution in [0.5, 0.6) is 0 Å². The van der Waals surface area contributed by atoms with Crippen LogP contribution in [0.1, 0.15) is 30.0 Å². The van der Waals surface area contributed by atoms with Gasteiger partial charge in [0, 0.05) is 35.3 Å². The van der Waals surface area contributed by atoms with Gasteiger partial charge in [-0.25, -0.2) is 4.98 Å². The van der Waals surface area contributed by atoms with E-state index in [-0.39, 0.29) is 17.0 Å². The van der Waals surface area contributed by atoms with Crippen molar-refractivity contribution in [2.45, 2.75) is 25.6 Å². The van der Waals surface area contributed by atoms with Gasteiger partial charge < -0.3 is 21.1 Å². The Labute approximate surface area is 171 Å². The first-order valence-corrected chi connectivity index (χ1v) is 9.22. The molecule has 0 aliphatic heterocycles. The molecule has 0 saturated heterocycles. The average molecular weight is 426 g/mol. The summed E-state index contributed by atoms with van der Waals surface area (Å²) in [5.41, 5.74) is -2.08. The fourth-order valence-corrected chi connectivity index (χ4v) is 2.63. The number of hydrogen-bond acceptors (Lipinski definition) is 6. The van der Waals surface area contributed by atoms with Gasteiger partial charge in [0.25, 0.3) is 5.91 Å². The molecule has 156 valence electrons. The SMILES string of the molecule is CC(C)(O)C1=CC(=N)/C(=C\NCCS)C=C1NC(=O)c1cccc(C(F)(F)F)n1. The molecule has 1 aliphatic rings. The Bertz CT molecular complexity index is 899. The quantitative estimate of drug-likeness (QED) is 0.357. The maximum atomic E-state index is 12.9. The molecule has 0 unspecified atom stereocenters. The molecule has 1 aliphatic carbocycles. The molecule has 6 nitrogen and oxygen atoms in total. The predicted molar refractivity (Wildman–Crippen MR) is 107 cm³/mol. The number of amides is 1. The van der Waals surface area contributed by atoms with Crippen LogP contribution in [-0.4, -0.2) is 39.6 Å². The van der Waals surface area contributed by atoms with E-state index < -0.39 is 29.1 Å². The van der Waals surface area contributed by atoms with E-state index in [1.807, 2.05) is 0 Å². The fourth-order valence-electron chi connectivity index (χ4n) is 2.50. The molecule has 0 bridgehead atoms. The Morgan fingerprint density at radius 1 is 1.31 bits per heavy atom. The molecule has 1 aromatic heterocycles. The number of rotatable bonds is 6. The molecule has 0 fully saturated rings. The highest BCUT2D eigenvalue weighted by molar-refractivity contribution is 7.80. The van der Waals surface area contributed by atoms with Crippen LogP contribution in [0.3, 0.4) is 0 Å². The molecule has 1 aromatic rings. The number of carbonyl (C=O) groups is 1. The number of hydrogen-bond donors (Lipinski definition) is 5. The average Bonchev–Trinajstić information content (AvgIpc) is 2.62. The summed E-state index contributed by atoms with van der Waals surface area (Å²) in [7, 11) is 0. The second-order valence-corrected chi connectivity index (χ2v) is 7.17. The smallest absolute Gasteiger partial charge is 0.390 e. The van der Waals surface area contributed by atoms with Crippen LogP contribution in [0, 0.1) is 5.41 Å². The topological polar surface area (TPSA) is 98.1 Å². The number of thiol groups is 1. The summed E-state index contributed by atoms with van der Waals surface area (Å²) >= 11 is 4.08. The summed E-state index contributed by atoms with van der Waals surface area (Å²) in [6, 6.07) is 3.03. The largest absolute Gasteiger partial charge is 0.433 e. The van der Waals surface area contributed by atoms with Crippen molar-refractivity contribution in [2.24, 2.45) is 0 Å². The van der Waals surface area contributed by atoms with Gasteiger partial charge in [-0.05, 0) is 38.1 Å². The first kappa shape index (κ1) is 22.7. The third-order valence-corrected chi connectivity index (χ3v) is 4.11. The molecule has 0 atom stereocenters. The van der Waals surface area contributed by atoms with Crippen LogP contribution in [0.4, 0.5) is 13.2 Å². The Morgan fingerprint density at radius 3 is 2.59 bits per heavy atom. The van der Waals surface area contributed by atoms with E-state index in [9.17, 15) is 23.1 Å². The lowest BCUT2D eigenvalue weighted by molar-refractivity contribution is -0.141. The van der Waals surface area contributed by atoms with Crippen LogP contribution in [0.15, 0.2) is 53.4 Å². The highest BCUT2D eigenvalue weighted by Gasteiger charge is 2.33. The molecular weight excluding hydrogens is 405 g/mol. The summed E-state index contributed by atoms with van der Waals surface area (Å²) < 4.78 is 38.6. The first-order valence-electron chi connectivity index (χ1n) is 8.59. The molecule has 4 N–H and O–H groups in total. The number of alkyl halides is 3. The molecule has 1 amide bonds. The Balaban J connectivity index is 2.36. The van der Waals surface area contributed by atoms with Gasteiger partial charge in [0.15, 0.2) is 0 Å². The number of nitrogens with zero attached hydrogens (tertiary/aromatic N) is 1. The van der Waals surface area contributed by atoms with Crippen LogP contribution < -0.4 is 10.6 Å². The van der Waals surface area contributed by atoms with E-state index in [4.69, 9.17) is 5.41 Å². The zero-order valence-corrected chi connectivity index (χ0v) is 16.7. The Kier molecular flexibility index (Phi) is 6.91.